The highest BCUT2D eigenvalue weighted by Gasteiger charge is 2.26. The van der Waals surface area contributed by atoms with Crippen LogP contribution in [0.5, 0.6) is 0 Å². The Bertz CT molecular complexity index is 464. The summed E-state index contributed by atoms with van der Waals surface area (Å²) in [4.78, 5) is 0. The number of ether oxygens (including phenoxy) is 1. The maximum Gasteiger partial charge on any atom is 0.120 e. The van der Waals surface area contributed by atoms with Crippen LogP contribution < -0.4 is 5.32 Å². The number of rotatable bonds is 3. The van der Waals surface area contributed by atoms with Crippen molar-refractivity contribution in [3.8, 4) is 6.07 Å². The average Bonchev–Trinajstić information content (AvgIpc) is 2.65. The smallest absolute Gasteiger partial charge is 0.120 e. The third-order valence-corrected chi connectivity index (χ3v) is 4.06. The molecule has 0 aliphatic carbocycles. The van der Waals surface area contributed by atoms with Gasteiger partial charge in [0.05, 0.1) is 0 Å². The number of aromatic nitrogens is 1. The monoisotopic (exact) mass is 247 g/mol. The van der Waals surface area contributed by atoms with Crippen LogP contribution in [0, 0.1) is 18.3 Å². The first kappa shape index (κ1) is 13.1. The van der Waals surface area contributed by atoms with Crippen LogP contribution in [0.25, 0.3) is 0 Å². The molecule has 1 fully saturated rings. The highest BCUT2D eigenvalue weighted by Crippen LogP contribution is 2.21. The summed E-state index contributed by atoms with van der Waals surface area (Å²) in [6.45, 7) is 6.79. The molecule has 4 nitrogen and oxygen atoms in total. The fourth-order valence-corrected chi connectivity index (χ4v) is 2.36. The predicted molar refractivity (Wildman–Crippen MR) is 70.2 cm³/mol. The maximum atomic E-state index is 9.02. The first-order valence-electron chi connectivity index (χ1n) is 6.44. The molecule has 1 saturated heterocycles. The molecule has 0 amide bonds. The highest BCUT2D eigenvalue weighted by atomic mass is 16.5. The van der Waals surface area contributed by atoms with Crippen LogP contribution in [-0.2, 0) is 18.3 Å². The quantitative estimate of drug-likeness (QED) is 0.887. The Kier molecular flexibility index (Phi) is 3.74. The average molecular weight is 247 g/mol. The van der Waals surface area contributed by atoms with Gasteiger partial charge in [-0.15, -0.1) is 0 Å². The van der Waals surface area contributed by atoms with E-state index < -0.39 is 0 Å². The summed E-state index contributed by atoms with van der Waals surface area (Å²) in [5.41, 5.74) is 3.26. The Balaban J connectivity index is 2.04. The Morgan fingerprint density at radius 1 is 1.50 bits per heavy atom. The van der Waals surface area contributed by atoms with Crippen LogP contribution in [0.3, 0.4) is 0 Å². The Labute approximate surface area is 109 Å². The van der Waals surface area contributed by atoms with Crippen LogP contribution in [-0.4, -0.2) is 23.3 Å². The van der Waals surface area contributed by atoms with E-state index in [0.717, 1.165) is 44.0 Å². The summed E-state index contributed by atoms with van der Waals surface area (Å²) in [5, 5.41) is 12.6. The molecular formula is C14H21N3O. The molecule has 0 radical (unpaired) electrons. The first-order chi connectivity index (χ1) is 8.56. The van der Waals surface area contributed by atoms with E-state index in [1.54, 1.807) is 0 Å². The van der Waals surface area contributed by atoms with Gasteiger partial charge in [-0.25, -0.2) is 0 Å². The molecule has 1 aliphatic heterocycles. The van der Waals surface area contributed by atoms with Crippen LogP contribution in [0.2, 0.25) is 0 Å². The second kappa shape index (κ2) is 5.13. The third-order valence-electron chi connectivity index (χ3n) is 4.06. The number of nitrogens with one attached hydrogen (secondary N) is 1. The second-order valence-corrected chi connectivity index (χ2v) is 5.34. The van der Waals surface area contributed by atoms with Gasteiger partial charge in [-0.2, -0.15) is 5.26 Å². The van der Waals surface area contributed by atoms with Gasteiger partial charge in [-0.3, -0.25) is 0 Å². The molecule has 1 aromatic rings. The molecule has 98 valence electrons. The van der Waals surface area contributed by atoms with E-state index in [0.29, 0.717) is 0 Å². The van der Waals surface area contributed by atoms with Crippen LogP contribution in [0.15, 0.2) is 6.07 Å². The van der Waals surface area contributed by atoms with E-state index in [9.17, 15) is 0 Å². The van der Waals surface area contributed by atoms with Gasteiger partial charge >= 0.3 is 0 Å². The predicted octanol–water partition coefficient (Wildman–Crippen LogP) is 1.86. The number of hydrogen-bond acceptors (Lipinski definition) is 3. The van der Waals surface area contributed by atoms with Crippen molar-refractivity contribution in [3.05, 3.63) is 23.0 Å². The van der Waals surface area contributed by atoms with Crippen molar-refractivity contribution < 1.29 is 4.74 Å². The zero-order valence-electron chi connectivity index (χ0n) is 11.4. The summed E-state index contributed by atoms with van der Waals surface area (Å²) in [6, 6.07) is 4.20. The van der Waals surface area contributed by atoms with Gasteiger partial charge in [0, 0.05) is 38.0 Å². The minimum absolute atomic E-state index is 0.160. The zero-order valence-corrected chi connectivity index (χ0v) is 11.4. The largest absolute Gasteiger partial charge is 0.381 e. The van der Waals surface area contributed by atoms with E-state index in [1.807, 2.05) is 17.7 Å². The van der Waals surface area contributed by atoms with E-state index in [1.165, 1.54) is 5.56 Å². The molecule has 2 heterocycles. The summed E-state index contributed by atoms with van der Waals surface area (Å²) >= 11 is 0. The topological polar surface area (TPSA) is 50.0 Å². The lowest BCUT2D eigenvalue weighted by molar-refractivity contribution is 0.0446. The lowest BCUT2D eigenvalue weighted by Gasteiger charge is -2.34. The SMILES string of the molecule is Cc1c(CNC2(C)CCOCC2)cc(C#N)n1C. The molecule has 1 N–H and O–H groups in total. The normalized spacial score (nSPS) is 18.6. The Morgan fingerprint density at radius 2 is 2.17 bits per heavy atom. The van der Waals surface area contributed by atoms with Crippen molar-refractivity contribution in [2.45, 2.75) is 38.8 Å². The highest BCUT2D eigenvalue weighted by molar-refractivity contribution is 5.34. The van der Waals surface area contributed by atoms with Crippen molar-refractivity contribution >= 4 is 0 Å². The molecule has 2 rings (SSSR count). The molecule has 0 spiro atoms. The molecule has 1 aromatic heterocycles. The number of nitrogens with zero attached hydrogens (tertiary/aromatic N) is 2. The lowest BCUT2D eigenvalue weighted by atomic mass is 9.92. The second-order valence-electron chi connectivity index (χ2n) is 5.34. The van der Waals surface area contributed by atoms with Crippen molar-refractivity contribution in [1.29, 1.82) is 5.26 Å². The molecule has 4 heteroatoms. The van der Waals surface area contributed by atoms with Crippen molar-refractivity contribution in [3.63, 3.8) is 0 Å². The lowest BCUT2D eigenvalue weighted by Crippen LogP contribution is -2.46. The third kappa shape index (κ3) is 2.58. The molecule has 1 aliphatic rings. The van der Waals surface area contributed by atoms with Crippen molar-refractivity contribution in [1.82, 2.24) is 9.88 Å². The molecule has 0 saturated carbocycles. The van der Waals surface area contributed by atoms with Gasteiger partial charge in [-0.05, 0) is 38.3 Å². The molecule has 0 atom stereocenters. The molecule has 18 heavy (non-hydrogen) atoms. The Hall–Kier alpha value is -1.31. The fraction of sp³-hybridized carbons (Fsp3) is 0.643. The number of nitriles is 1. The van der Waals surface area contributed by atoms with Gasteiger partial charge in [0.2, 0.25) is 0 Å². The van der Waals surface area contributed by atoms with Crippen LogP contribution in [0.1, 0.15) is 36.7 Å². The van der Waals surface area contributed by atoms with Crippen molar-refractivity contribution in [2.24, 2.45) is 7.05 Å². The van der Waals surface area contributed by atoms with Crippen LogP contribution >= 0.6 is 0 Å². The molecule has 0 aromatic carbocycles. The minimum Gasteiger partial charge on any atom is -0.381 e. The summed E-state index contributed by atoms with van der Waals surface area (Å²) < 4.78 is 7.34. The summed E-state index contributed by atoms with van der Waals surface area (Å²) in [7, 11) is 1.94. The molecular weight excluding hydrogens is 226 g/mol. The van der Waals surface area contributed by atoms with Gasteiger partial charge in [-0.1, -0.05) is 0 Å². The maximum absolute atomic E-state index is 9.02. The van der Waals surface area contributed by atoms with Gasteiger partial charge in [0.1, 0.15) is 11.8 Å². The van der Waals surface area contributed by atoms with Gasteiger partial charge in [0.25, 0.3) is 0 Å². The Morgan fingerprint density at radius 3 is 2.72 bits per heavy atom. The molecule has 0 bridgehead atoms. The van der Waals surface area contributed by atoms with E-state index >= 15 is 0 Å². The standard InChI is InChI=1S/C14H21N3O/c1-11-12(8-13(9-15)17(11)3)10-16-14(2)4-6-18-7-5-14/h8,16H,4-7,10H2,1-3H3. The molecule has 0 unspecified atom stereocenters. The van der Waals surface area contributed by atoms with Gasteiger partial charge < -0.3 is 14.6 Å². The zero-order chi connectivity index (χ0) is 13.2. The summed E-state index contributed by atoms with van der Waals surface area (Å²) in [6.07, 6.45) is 2.09. The van der Waals surface area contributed by atoms with Gasteiger partial charge in [0.15, 0.2) is 0 Å². The summed E-state index contributed by atoms with van der Waals surface area (Å²) in [5.74, 6) is 0. The van der Waals surface area contributed by atoms with Crippen molar-refractivity contribution in [2.75, 3.05) is 13.2 Å². The number of hydrogen-bond donors (Lipinski definition) is 1. The minimum atomic E-state index is 0.160. The fourth-order valence-electron chi connectivity index (χ4n) is 2.36. The van der Waals surface area contributed by atoms with E-state index in [4.69, 9.17) is 10.00 Å². The van der Waals surface area contributed by atoms with Crippen LogP contribution in [0.4, 0.5) is 0 Å². The van der Waals surface area contributed by atoms with E-state index in [2.05, 4.69) is 25.2 Å². The first-order valence-corrected chi connectivity index (χ1v) is 6.44. The van der Waals surface area contributed by atoms with E-state index in [-0.39, 0.29) is 5.54 Å².